The van der Waals surface area contributed by atoms with E-state index >= 15 is 0 Å². The Balaban J connectivity index is 2.54. The highest BCUT2D eigenvalue weighted by molar-refractivity contribution is 5.79. The highest BCUT2D eigenvalue weighted by atomic mass is 16.5. The van der Waals surface area contributed by atoms with Gasteiger partial charge in [0.25, 0.3) is 0 Å². The number of rotatable bonds is 2. The Morgan fingerprint density at radius 3 is 2.93 bits per heavy atom. The van der Waals surface area contributed by atoms with E-state index in [1.54, 1.807) is 0 Å². The largest absolute Gasteiger partial charge is 0.356 e. The summed E-state index contributed by atoms with van der Waals surface area (Å²) in [5.41, 5.74) is 3.23. The zero-order chi connectivity index (χ0) is 10.1. The fourth-order valence-electron chi connectivity index (χ4n) is 1.62. The minimum Gasteiger partial charge on any atom is -0.356 e. The Morgan fingerprint density at radius 2 is 2.21 bits per heavy atom. The molecule has 0 saturated heterocycles. The Kier molecular flexibility index (Phi) is 2.28. The molecule has 74 valence electrons. The molecule has 0 radical (unpaired) electrons. The van der Waals surface area contributed by atoms with Gasteiger partial charge in [-0.15, -0.1) is 0 Å². The van der Waals surface area contributed by atoms with Crippen LogP contribution >= 0.6 is 0 Å². The second kappa shape index (κ2) is 3.45. The molecule has 2 aromatic rings. The standard InChI is InChI=1S/C12H15NO/c1-4-8(2)10-5-6-12-11(7-10)9(3)13-14-12/h5-8H,4H2,1-3H3. The molecule has 0 bridgehead atoms. The van der Waals surface area contributed by atoms with Gasteiger partial charge in [-0.25, -0.2) is 0 Å². The highest BCUT2D eigenvalue weighted by Crippen LogP contribution is 2.25. The summed E-state index contributed by atoms with van der Waals surface area (Å²) in [6.45, 7) is 6.42. The minimum absolute atomic E-state index is 0.605. The van der Waals surface area contributed by atoms with Crippen molar-refractivity contribution in [3.63, 3.8) is 0 Å². The van der Waals surface area contributed by atoms with Crippen molar-refractivity contribution >= 4 is 11.0 Å². The van der Waals surface area contributed by atoms with Crippen LogP contribution in [0.25, 0.3) is 11.0 Å². The van der Waals surface area contributed by atoms with Gasteiger partial charge in [-0.1, -0.05) is 25.1 Å². The predicted octanol–water partition coefficient (Wildman–Crippen LogP) is 3.65. The van der Waals surface area contributed by atoms with Crippen LogP contribution in [-0.4, -0.2) is 5.16 Å². The Morgan fingerprint density at radius 1 is 1.43 bits per heavy atom. The Labute approximate surface area is 83.9 Å². The Bertz CT molecular complexity index is 445. The summed E-state index contributed by atoms with van der Waals surface area (Å²) in [6.07, 6.45) is 1.16. The smallest absolute Gasteiger partial charge is 0.167 e. The molecule has 0 amide bonds. The third-order valence-corrected chi connectivity index (χ3v) is 2.86. The summed E-state index contributed by atoms with van der Waals surface area (Å²) in [5, 5.41) is 5.09. The zero-order valence-electron chi connectivity index (χ0n) is 8.87. The second-order valence-corrected chi connectivity index (χ2v) is 3.83. The molecule has 0 spiro atoms. The first-order chi connectivity index (χ1) is 6.72. The molecule has 0 saturated carbocycles. The van der Waals surface area contributed by atoms with Gasteiger partial charge in [0.1, 0.15) is 0 Å². The van der Waals surface area contributed by atoms with E-state index in [4.69, 9.17) is 4.52 Å². The lowest BCUT2D eigenvalue weighted by molar-refractivity contribution is 0.450. The lowest BCUT2D eigenvalue weighted by atomic mass is 9.97. The molecular weight excluding hydrogens is 174 g/mol. The number of benzene rings is 1. The van der Waals surface area contributed by atoms with Crippen molar-refractivity contribution in [3.8, 4) is 0 Å². The molecule has 1 aromatic carbocycles. The third-order valence-electron chi connectivity index (χ3n) is 2.86. The third kappa shape index (κ3) is 1.41. The molecule has 2 nitrogen and oxygen atoms in total. The normalized spacial score (nSPS) is 13.4. The van der Waals surface area contributed by atoms with Crippen molar-refractivity contribution in [2.75, 3.05) is 0 Å². The molecule has 0 aliphatic heterocycles. The van der Waals surface area contributed by atoms with Gasteiger partial charge < -0.3 is 4.52 Å². The van der Waals surface area contributed by atoms with Crippen molar-refractivity contribution in [2.24, 2.45) is 0 Å². The van der Waals surface area contributed by atoms with Crippen LogP contribution in [0.1, 0.15) is 37.4 Å². The quantitative estimate of drug-likeness (QED) is 0.720. The fourth-order valence-corrected chi connectivity index (χ4v) is 1.62. The Hall–Kier alpha value is -1.31. The van der Waals surface area contributed by atoms with Crippen molar-refractivity contribution in [3.05, 3.63) is 29.5 Å². The summed E-state index contributed by atoms with van der Waals surface area (Å²) < 4.78 is 5.17. The van der Waals surface area contributed by atoms with Crippen LogP contribution in [0.2, 0.25) is 0 Å². The van der Waals surface area contributed by atoms with Gasteiger partial charge in [0.05, 0.1) is 5.69 Å². The molecule has 1 atom stereocenters. The number of hydrogen-bond donors (Lipinski definition) is 0. The maximum Gasteiger partial charge on any atom is 0.167 e. The van der Waals surface area contributed by atoms with Crippen LogP contribution in [0.5, 0.6) is 0 Å². The summed E-state index contributed by atoms with van der Waals surface area (Å²) in [6, 6.07) is 6.33. The van der Waals surface area contributed by atoms with Crippen molar-refractivity contribution < 1.29 is 4.52 Å². The first-order valence-corrected chi connectivity index (χ1v) is 5.08. The van der Waals surface area contributed by atoms with Gasteiger partial charge in [-0.05, 0) is 37.0 Å². The average molecular weight is 189 g/mol. The SMILES string of the molecule is CCC(C)c1ccc2onc(C)c2c1. The molecular formula is C12H15NO. The summed E-state index contributed by atoms with van der Waals surface area (Å²) in [7, 11) is 0. The average Bonchev–Trinajstić information content (AvgIpc) is 2.59. The fraction of sp³-hybridized carbons (Fsp3) is 0.417. The zero-order valence-corrected chi connectivity index (χ0v) is 8.87. The molecule has 0 N–H and O–H groups in total. The van der Waals surface area contributed by atoms with E-state index in [2.05, 4.69) is 31.1 Å². The molecule has 1 heterocycles. The number of fused-ring (bicyclic) bond motifs is 1. The molecule has 2 heteroatoms. The van der Waals surface area contributed by atoms with Crippen molar-refractivity contribution in [1.29, 1.82) is 0 Å². The number of aryl methyl sites for hydroxylation is 1. The second-order valence-electron chi connectivity index (χ2n) is 3.83. The lowest BCUT2D eigenvalue weighted by Crippen LogP contribution is -1.90. The number of hydrogen-bond acceptors (Lipinski definition) is 2. The van der Waals surface area contributed by atoms with Crippen LogP contribution in [0.15, 0.2) is 22.7 Å². The summed E-state index contributed by atoms with van der Waals surface area (Å²) >= 11 is 0. The maximum absolute atomic E-state index is 5.17. The van der Waals surface area contributed by atoms with E-state index in [0.29, 0.717) is 5.92 Å². The molecule has 14 heavy (non-hydrogen) atoms. The first kappa shape index (κ1) is 9.25. The molecule has 0 fully saturated rings. The van der Waals surface area contributed by atoms with Crippen molar-refractivity contribution in [1.82, 2.24) is 5.16 Å². The van der Waals surface area contributed by atoms with Crippen LogP contribution in [0, 0.1) is 6.92 Å². The molecule has 0 aliphatic carbocycles. The highest BCUT2D eigenvalue weighted by Gasteiger charge is 2.07. The van der Waals surface area contributed by atoms with E-state index in [9.17, 15) is 0 Å². The van der Waals surface area contributed by atoms with Crippen LogP contribution in [0.4, 0.5) is 0 Å². The van der Waals surface area contributed by atoms with Gasteiger partial charge in [-0.2, -0.15) is 0 Å². The monoisotopic (exact) mass is 189 g/mol. The number of aromatic nitrogens is 1. The van der Waals surface area contributed by atoms with Crippen LogP contribution < -0.4 is 0 Å². The molecule has 0 aliphatic rings. The van der Waals surface area contributed by atoms with E-state index in [-0.39, 0.29) is 0 Å². The number of nitrogens with zero attached hydrogens (tertiary/aromatic N) is 1. The maximum atomic E-state index is 5.17. The van der Waals surface area contributed by atoms with Gasteiger partial charge in [0, 0.05) is 5.39 Å². The topological polar surface area (TPSA) is 26.0 Å². The van der Waals surface area contributed by atoms with Gasteiger partial charge in [0.2, 0.25) is 0 Å². The predicted molar refractivity (Wildman–Crippen MR) is 57.5 cm³/mol. The molecule has 2 rings (SSSR count). The summed E-state index contributed by atoms with van der Waals surface area (Å²) in [5.74, 6) is 0.605. The summed E-state index contributed by atoms with van der Waals surface area (Å²) in [4.78, 5) is 0. The van der Waals surface area contributed by atoms with Crippen LogP contribution in [0.3, 0.4) is 0 Å². The van der Waals surface area contributed by atoms with E-state index in [0.717, 1.165) is 23.1 Å². The van der Waals surface area contributed by atoms with Crippen LogP contribution in [-0.2, 0) is 0 Å². The molecule has 1 aromatic heterocycles. The molecule has 1 unspecified atom stereocenters. The van der Waals surface area contributed by atoms with E-state index in [1.807, 2.05) is 13.0 Å². The van der Waals surface area contributed by atoms with Gasteiger partial charge in [-0.3, -0.25) is 0 Å². The van der Waals surface area contributed by atoms with Crippen molar-refractivity contribution in [2.45, 2.75) is 33.1 Å². The van der Waals surface area contributed by atoms with E-state index in [1.165, 1.54) is 5.56 Å². The lowest BCUT2D eigenvalue weighted by Gasteiger charge is -2.07. The van der Waals surface area contributed by atoms with Gasteiger partial charge >= 0.3 is 0 Å². The van der Waals surface area contributed by atoms with Gasteiger partial charge in [0.15, 0.2) is 5.58 Å². The van der Waals surface area contributed by atoms with E-state index < -0.39 is 0 Å². The first-order valence-electron chi connectivity index (χ1n) is 5.08. The minimum atomic E-state index is 0.605.